The van der Waals surface area contributed by atoms with Gasteiger partial charge in [-0.25, -0.2) is 9.18 Å². The van der Waals surface area contributed by atoms with Crippen LogP contribution in [0, 0.1) is 12.7 Å². The minimum atomic E-state index is -0.683. The zero-order valence-electron chi connectivity index (χ0n) is 18.4. The number of allylic oxidation sites excluding steroid dienone is 1. The number of nitrogens with one attached hydrogen (secondary N) is 1. The van der Waals surface area contributed by atoms with Crippen molar-refractivity contribution in [2.75, 3.05) is 4.90 Å². The summed E-state index contributed by atoms with van der Waals surface area (Å²) in [6, 6.07) is 19.8. The molecule has 0 saturated heterocycles. The summed E-state index contributed by atoms with van der Waals surface area (Å²) in [6.07, 6.45) is 0. The van der Waals surface area contributed by atoms with E-state index in [0.717, 1.165) is 5.56 Å². The van der Waals surface area contributed by atoms with Gasteiger partial charge in [0.25, 0.3) is 5.89 Å². The molecule has 1 aliphatic rings. The van der Waals surface area contributed by atoms with Crippen LogP contribution >= 0.6 is 11.6 Å². The van der Waals surface area contributed by atoms with Gasteiger partial charge in [0.15, 0.2) is 0 Å². The van der Waals surface area contributed by atoms with Crippen LogP contribution in [-0.2, 0) is 0 Å². The third kappa shape index (κ3) is 4.06. The van der Waals surface area contributed by atoms with E-state index in [1.807, 2.05) is 44.2 Å². The molecule has 0 aliphatic carbocycles. The topological polar surface area (TPSA) is 71.3 Å². The minimum absolute atomic E-state index is 0.222. The van der Waals surface area contributed by atoms with E-state index in [1.54, 1.807) is 35.2 Å². The average molecular weight is 475 g/mol. The largest absolute Gasteiger partial charge is 0.334 e. The van der Waals surface area contributed by atoms with Gasteiger partial charge in [0.1, 0.15) is 5.82 Å². The van der Waals surface area contributed by atoms with E-state index in [2.05, 4.69) is 15.5 Å². The Hall–Kier alpha value is -3.97. The first kappa shape index (κ1) is 21.9. The molecule has 34 heavy (non-hydrogen) atoms. The van der Waals surface area contributed by atoms with E-state index in [9.17, 15) is 9.18 Å². The highest BCUT2D eigenvalue weighted by Gasteiger charge is 2.36. The molecule has 2 heterocycles. The van der Waals surface area contributed by atoms with Gasteiger partial charge in [-0.15, -0.1) is 0 Å². The van der Waals surface area contributed by atoms with Crippen LogP contribution in [0.1, 0.15) is 30.0 Å². The van der Waals surface area contributed by atoms with Crippen LogP contribution in [-0.4, -0.2) is 16.2 Å². The highest BCUT2D eigenvalue weighted by Crippen LogP contribution is 2.39. The summed E-state index contributed by atoms with van der Waals surface area (Å²) in [5, 5.41) is 7.66. The predicted molar refractivity (Wildman–Crippen MR) is 129 cm³/mol. The van der Waals surface area contributed by atoms with Crippen molar-refractivity contribution >= 4 is 28.9 Å². The molecule has 170 valence electrons. The number of carbonyl (C=O) groups is 1. The average Bonchev–Trinajstić information content (AvgIpc) is 3.28. The quantitative estimate of drug-likeness (QED) is 0.364. The Morgan fingerprint density at radius 2 is 1.82 bits per heavy atom. The number of carbonyl (C=O) groups excluding carboxylic acids is 1. The Bertz CT molecular complexity index is 1430. The zero-order valence-corrected chi connectivity index (χ0v) is 19.2. The SMILES string of the molecule is CC1=C(c2nc(-c3cccc(Cl)c3)no2)C(c2cccc(F)c2)NC(=O)N1c1cccc(C)c1. The van der Waals surface area contributed by atoms with Gasteiger partial charge in [-0.05, 0) is 61.4 Å². The molecule has 0 radical (unpaired) electrons. The summed E-state index contributed by atoms with van der Waals surface area (Å²) in [7, 11) is 0. The van der Waals surface area contributed by atoms with Crippen molar-refractivity contribution in [1.82, 2.24) is 15.5 Å². The van der Waals surface area contributed by atoms with Crippen molar-refractivity contribution < 1.29 is 13.7 Å². The number of anilines is 1. The molecule has 0 fully saturated rings. The van der Waals surface area contributed by atoms with Crippen LogP contribution in [0.5, 0.6) is 0 Å². The Labute approximate surface area is 200 Å². The second-order valence-electron chi connectivity index (χ2n) is 8.04. The van der Waals surface area contributed by atoms with E-state index in [0.29, 0.717) is 38.9 Å². The number of halogens is 2. The predicted octanol–water partition coefficient (Wildman–Crippen LogP) is 6.54. The van der Waals surface area contributed by atoms with Gasteiger partial charge in [0.2, 0.25) is 5.82 Å². The summed E-state index contributed by atoms with van der Waals surface area (Å²) in [5.74, 6) is 0.171. The molecule has 2 amide bonds. The second-order valence-corrected chi connectivity index (χ2v) is 8.48. The van der Waals surface area contributed by atoms with E-state index in [4.69, 9.17) is 16.1 Å². The van der Waals surface area contributed by atoms with Gasteiger partial charge in [0, 0.05) is 16.3 Å². The molecule has 0 bridgehead atoms. The fraction of sp³-hybridized carbons (Fsp3) is 0.115. The number of aryl methyl sites for hydroxylation is 1. The van der Waals surface area contributed by atoms with Crippen molar-refractivity contribution in [2.24, 2.45) is 0 Å². The third-order valence-corrected chi connectivity index (χ3v) is 5.90. The van der Waals surface area contributed by atoms with Crippen LogP contribution in [0.4, 0.5) is 14.9 Å². The summed E-state index contributed by atoms with van der Waals surface area (Å²) >= 11 is 6.12. The lowest BCUT2D eigenvalue weighted by Crippen LogP contribution is -2.46. The molecular formula is C26H20ClFN4O2. The van der Waals surface area contributed by atoms with E-state index in [1.165, 1.54) is 12.1 Å². The third-order valence-electron chi connectivity index (χ3n) is 5.67. The molecule has 6 nitrogen and oxygen atoms in total. The Balaban J connectivity index is 1.67. The monoisotopic (exact) mass is 474 g/mol. The lowest BCUT2D eigenvalue weighted by Gasteiger charge is -2.35. The molecule has 1 aromatic heterocycles. The fourth-order valence-electron chi connectivity index (χ4n) is 4.11. The number of amides is 2. The minimum Gasteiger partial charge on any atom is -0.334 e. The van der Waals surface area contributed by atoms with Gasteiger partial charge < -0.3 is 9.84 Å². The second kappa shape index (κ2) is 8.76. The Morgan fingerprint density at radius 1 is 1.03 bits per heavy atom. The lowest BCUT2D eigenvalue weighted by atomic mass is 9.94. The van der Waals surface area contributed by atoms with Crippen LogP contribution < -0.4 is 10.2 Å². The fourth-order valence-corrected chi connectivity index (χ4v) is 4.30. The molecule has 1 unspecified atom stereocenters. The highest BCUT2D eigenvalue weighted by atomic mass is 35.5. The molecule has 1 atom stereocenters. The normalized spacial score (nSPS) is 16.1. The molecule has 1 aliphatic heterocycles. The van der Waals surface area contributed by atoms with E-state index in [-0.39, 0.29) is 11.9 Å². The number of benzene rings is 3. The molecular weight excluding hydrogens is 455 g/mol. The van der Waals surface area contributed by atoms with Crippen molar-refractivity contribution in [3.63, 3.8) is 0 Å². The molecule has 0 saturated carbocycles. The standard InChI is InChI=1S/C26H20ClFN4O2/c1-15-6-3-11-21(12-15)32-16(2)22(23(29-26(32)33)17-7-5-10-20(28)14-17)25-30-24(31-34-25)18-8-4-9-19(27)13-18/h3-14,23H,1-2H3,(H,29,33). The van der Waals surface area contributed by atoms with Crippen LogP contribution in [0.3, 0.4) is 0 Å². The number of hydrogen-bond donors (Lipinski definition) is 1. The molecule has 0 spiro atoms. The number of rotatable bonds is 4. The van der Waals surface area contributed by atoms with Gasteiger partial charge in [-0.2, -0.15) is 4.98 Å². The van der Waals surface area contributed by atoms with Crippen molar-refractivity contribution in [2.45, 2.75) is 19.9 Å². The number of nitrogens with zero attached hydrogens (tertiary/aromatic N) is 3. The van der Waals surface area contributed by atoms with Gasteiger partial charge in [-0.1, -0.05) is 53.2 Å². The van der Waals surface area contributed by atoms with Crippen molar-refractivity contribution in [1.29, 1.82) is 0 Å². The molecule has 8 heteroatoms. The van der Waals surface area contributed by atoms with Crippen LogP contribution in [0.25, 0.3) is 17.0 Å². The number of hydrogen-bond acceptors (Lipinski definition) is 4. The maximum atomic E-state index is 14.1. The van der Waals surface area contributed by atoms with Crippen molar-refractivity contribution in [3.05, 3.63) is 106 Å². The number of urea groups is 1. The summed E-state index contributed by atoms with van der Waals surface area (Å²) in [6.45, 7) is 3.77. The first-order valence-electron chi connectivity index (χ1n) is 10.6. The Kier molecular flexibility index (Phi) is 5.63. The smallest absolute Gasteiger partial charge is 0.326 e. The lowest BCUT2D eigenvalue weighted by molar-refractivity contribution is 0.244. The first-order chi connectivity index (χ1) is 16.4. The number of aromatic nitrogens is 2. The summed E-state index contributed by atoms with van der Waals surface area (Å²) in [5.41, 5.74) is 4.14. The van der Waals surface area contributed by atoms with Gasteiger partial charge in [0.05, 0.1) is 17.3 Å². The van der Waals surface area contributed by atoms with Gasteiger partial charge >= 0.3 is 6.03 Å². The van der Waals surface area contributed by atoms with E-state index >= 15 is 0 Å². The first-order valence-corrected chi connectivity index (χ1v) is 11.0. The molecule has 5 rings (SSSR count). The zero-order chi connectivity index (χ0) is 23.8. The van der Waals surface area contributed by atoms with E-state index < -0.39 is 11.9 Å². The van der Waals surface area contributed by atoms with Crippen LogP contribution in [0.2, 0.25) is 5.02 Å². The van der Waals surface area contributed by atoms with Crippen molar-refractivity contribution in [3.8, 4) is 11.4 Å². The highest BCUT2D eigenvalue weighted by molar-refractivity contribution is 6.30. The molecule has 3 aromatic carbocycles. The molecule has 1 N–H and O–H groups in total. The van der Waals surface area contributed by atoms with Gasteiger partial charge in [-0.3, -0.25) is 4.90 Å². The molecule has 4 aromatic rings. The Morgan fingerprint density at radius 3 is 2.59 bits per heavy atom. The van der Waals surface area contributed by atoms with Crippen LogP contribution in [0.15, 0.2) is 83.0 Å². The summed E-state index contributed by atoms with van der Waals surface area (Å²) in [4.78, 5) is 19.4. The maximum absolute atomic E-state index is 14.1. The summed E-state index contributed by atoms with van der Waals surface area (Å²) < 4.78 is 19.8. The maximum Gasteiger partial charge on any atom is 0.326 e.